The number of nitrogens with zero attached hydrogens (tertiary/aromatic N) is 1. The van der Waals surface area contributed by atoms with Crippen LogP contribution in [0.2, 0.25) is 0 Å². The predicted molar refractivity (Wildman–Crippen MR) is 100 cm³/mol. The van der Waals surface area contributed by atoms with Crippen LogP contribution in [-0.4, -0.2) is 23.3 Å². The average Bonchev–Trinajstić information content (AvgIpc) is 2.72. The van der Waals surface area contributed by atoms with Gasteiger partial charge in [-0.2, -0.15) is 0 Å². The molecule has 1 heterocycles. The molecule has 0 spiro atoms. The van der Waals surface area contributed by atoms with Crippen LogP contribution in [0.15, 0.2) is 54.9 Å². The van der Waals surface area contributed by atoms with Gasteiger partial charge in [0, 0.05) is 37.0 Å². The fourth-order valence-corrected chi connectivity index (χ4v) is 3.39. The Balaban J connectivity index is 1.37. The molecule has 5 nitrogen and oxygen atoms in total. The Morgan fingerprint density at radius 1 is 0.962 bits per heavy atom. The Morgan fingerprint density at radius 2 is 1.73 bits per heavy atom. The first-order chi connectivity index (χ1) is 12.7. The maximum Gasteiger partial charge on any atom is 0.251 e. The predicted octanol–water partition coefficient (Wildman–Crippen LogP) is 2.93. The van der Waals surface area contributed by atoms with Gasteiger partial charge in [-0.05, 0) is 55.4 Å². The molecule has 1 saturated carbocycles. The van der Waals surface area contributed by atoms with Gasteiger partial charge in [-0.3, -0.25) is 14.6 Å². The molecule has 1 fully saturated rings. The molecule has 0 radical (unpaired) electrons. The van der Waals surface area contributed by atoms with Gasteiger partial charge in [-0.15, -0.1) is 0 Å². The number of hydrogen-bond donors (Lipinski definition) is 2. The van der Waals surface area contributed by atoms with E-state index in [1.165, 1.54) is 0 Å². The van der Waals surface area contributed by atoms with Crippen LogP contribution < -0.4 is 10.6 Å². The first-order valence-electron chi connectivity index (χ1n) is 9.22. The lowest BCUT2D eigenvalue weighted by Gasteiger charge is -2.28. The number of rotatable bonds is 6. The molecule has 26 heavy (non-hydrogen) atoms. The fraction of sp³-hybridized carbons (Fsp3) is 0.381. The molecule has 136 valence electrons. The second-order valence-electron chi connectivity index (χ2n) is 6.87. The molecular formula is C21H25N3O2. The molecule has 2 N–H and O–H groups in total. The van der Waals surface area contributed by atoms with Gasteiger partial charge in [-0.25, -0.2) is 0 Å². The summed E-state index contributed by atoms with van der Waals surface area (Å²) in [6.45, 7) is 1.21. The summed E-state index contributed by atoms with van der Waals surface area (Å²) in [7, 11) is 0. The zero-order chi connectivity index (χ0) is 18.2. The van der Waals surface area contributed by atoms with Crippen LogP contribution in [0.3, 0.4) is 0 Å². The van der Waals surface area contributed by atoms with Gasteiger partial charge in [0.15, 0.2) is 0 Å². The lowest BCUT2D eigenvalue weighted by atomic mass is 9.81. The monoisotopic (exact) mass is 351 g/mol. The molecular weight excluding hydrogens is 326 g/mol. The molecule has 0 unspecified atom stereocenters. The smallest absolute Gasteiger partial charge is 0.251 e. The van der Waals surface area contributed by atoms with Crippen molar-refractivity contribution < 1.29 is 9.59 Å². The van der Waals surface area contributed by atoms with Crippen molar-refractivity contribution >= 4 is 11.8 Å². The molecule has 5 heteroatoms. The number of nitrogens with one attached hydrogen (secondary N) is 2. The summed E-state index contributed by atoms with van der Waals surface area (Å²) < 4.78 is 0. The van der Waals surface area contributed by atoms with Crippen LogP contribution in [-0.2, 0) is 11.3 Å². The van der Waals surface area contributed by atoms with Crippen LogP contribution in [0, 0.1) is 11.8 Å². The highest BCUT2D eigenvalue weighted by Crippen LogP contribution is 2.28. The third-order valence-electron chi connectivity index (χ3n) is 4.99. The quantitative estimate of drug-likeness (QED) is 0.840. The molecule has 1 aromatic heterocycles. The first kappa shape index (κ1) is 18.1. The maximum atomic E-state index is 12.3. The van der Waals surface area contributed by atoms with Crippen LogP contribution in [0.5, 0.6) is 0 Å². The highest BCUT2D eigenvalue weighted by molar-refractivity contribution is 5.94. The Bertz CT molecular complexity index is 711. The van der Waals surface area contributed by atoms with Crippen molar-refractivity contribution in [3.63, 3.8) is 0 Å². The van der Waals surface area contributed by atoms with E-state index in [9.17, 15) is 9.59 Å². The van der Waals surface area contributed by atoms with E-state index in [1.807, 2.05) is 42.5 Å². The molecule has 1 aliphatic rings. The van der Waals surface area contributed by atoms with Crippen molar-refractivity contribution in [2.24, 2.45) is 11.8 Å². The molecule has 3 rings (SSSR count). The van der Waals surface area contributed by atoms with Crippen molar-refractivity contribution in [3.05, 3.63) is 66.0 Å². The Morgan fingerprint density at radius 3 is 2.42 bits per heavy atom. The van der Waals surface area contributed by atoms with Crippen molar-refractivity contribution in [1.29, 1.82) is 0 Å². The Labute approximate surface area is 154 Å². The van der Waals surface area contributed by atoms with E-state index >= 15 is 0 Å². The van der Waals surface area contributed by atoms with Crippen molar-refractivity contribution in [3.8, 4) is 0 Å². The second kappa shape index (κ2) is 9.13. The number of benzene rings is 1. The minimum atomic E-state index is -0.0260. The average molecular weight is 351 g/mol. The van der Waals surface area contributed by atoms with E-state index in [-0.39, 0.29) is 17.7 Å². The summed E-state index contributed by atoms with van der Waals surface area (Å²) in [5.41, 5.74) is 1.70. The highest BCUT2D eigenvalue weighted by Gasteiger charge is 2.26. The fourth-order valence-electron chi connectivity index (χ4n) is 3.39. The van der Waals surface area contributed by atoms with Crippen molar-refractivity contribution in [2.45, 2.75) is 32.2 Å². The molecule has 0 aliphatic heterocycles. The summed E-state index contributed by atoms with van der Waals surface area (Å²) in [5.74, 6) is 0.625. The van der Waals surface area contributed by atoms with Gasteiger partial charge in [0.05, 0.1) is 0 Å². The number of carbonyl (C=O) groups excluding carboxylic acids is 2. The number of pyridine rings is 1. The summed E-state index contributed by atoms with van der Waals surface area (Å²) in [5, 5.41) is 6.02. The number of hydrogen-bond acceptors (Lipinski definition) is 3. The topological polar surface area (TPSA) is 71.1 Å². The molecule has 2 aromatic rings. The third-order valence-corrected chi connectivity index (χ3v) is 4.99. The summed E-state index contributed by atoms with van der Waals surface area (Å²) in [6, 6.07) is 13.1. The molecule has 0 saturated heterocycles. The van der Waals surface area contributed by atoms with Gasteiger partial charge < -0.3 is 10.6 Å². The van der Waals surface area contributed by atoms with Crippen LogP contribution >= 0.6 is 0 Å². The van der Waals surface area contributed by atoms with E-state index in [4.69, 9.17) is 0 Å². The van der Waals surface area contributed by atoms with E-state index < -0.39 is 0 Å². The largest absolute Gasteiger partial charge is 0.352 e. The number of aromatic nitrogens is 1. The minimum absolute atomic E-state index is 0.0260. The second-order valence-corrected chi connectivity index (χ2v) is 6.87. The molecule has 0 atom stereocenters. The third kappa shape index (κ3) is 5.15. The molecule has 2 amide bonds. The zero-order valence-electron chi connectivity index (χ0n) is 14.9. The van der Waals surface area contributed by atoms with Crippen LogP contribution in [0.1, 0.15) is 41.6 Å². The molecule has 1 aromatic carbocycles. The summed E-state index contributed by atoms with van der Waals surface area (Å²) in [6.07, 6.45) is 7.20. The first-order valence-corrected chi connectivity index (χ1v) is 9.22. The van der Waals surface area contributed by atoms with Gasteiger partial charge in [-0.1, -0.05) is 24.3 Å². The zero-order valence-corrected chi connectivity index (χ0v) is 14.9. The van der Waals surface area contributed by atoms with Crippen LogP contribution in [0.25, 0.3) is 0 Å². The highest BCUT2D eigenvalue weighted by atomic mass is 16.2. The van der Waals surface area contributed by atoms with Crippen LogP contribution in [0.4, 0.5) is 0 Å². The van der Waals surface area contributed by atoms with Gasteiger partial charge >= 0.3 is 0 Å². The van der Waals surface area contributed by atoms with Crippen molar-refractivity contribution in [2.75, 3.05) is 6.54 Å². The van der Waals surface area contributed by atoms with E-state index in [2.05, 4.69) is 15.6 Å². The van der Waals surface area contributed by atoms with E-state index in [1.54, 1.807) is 12.4 Å². The minimum Gasteiger partial charge on any atom is -0.352 e. The standard InChI is InChI=1S/C21H25N3O2/c25-20(18-6-2-1-3-7-18)23-14-16-8-10-19(11-9-16)21(26)24-15-17-5-4-12-22-13-17/h1-7,12-13,16,19H,8-11,14-15H2,(H,23,25)(H,24,26). The van der Waals surface area contributed by atoms with Gasteiger partial charge in [0.1, 0.15) is 0 Å². The summed E-state index contributed by atoms with van der Waals surface area (Å²) >= 11 is 0. The SMILES string of the molecule is O=C(NCC1CCC(C(=O)NCc2cccnc2)CC1)c1ccccc1. The van der Waals surface area contributed by atoms with E-state index in [0.717, 1.165) is 31.2 Å². The molecule has 0 bridgehead atoms. The number of amides is 2. The van der Waals surface area contributed by atoms with E-state index in [0.29, 0.717) is 24.6 Å². The Kier molecular flexibility index (Phi) is 6.36. The normalized spacial score (nSPS) is 19.5. The summed E-state index contributed by atoms with van der Waals surface area (Å²) in [4.78, 5) is 28.5. The lowest BCUT2D eigenvalue weighted by Crippen LogP contribution is -2.36. The maximum absolute atomic E-state index is 12.3. The number of carbonyl (C=O) groups is 2. The Hall–Kier alpha value is -2.69. The van der Waals surface area contributed by atoms with Crippen molar-refractivity contribution in [1.82, 2.24) is 15.6 Å². The van der Waals surface area contributed by atoms with Gasteiger partial charge in [0.2, 0.25) is 5.91 Å². The molecule has 1 aliphatic carbocycles. The lowest BCUT2D eigenvalue weighted by molar-refractivity contribution is -0.126. The van der Waals surface area contributed by atoms with Gasteiger partial charge in [0.25, 0.3) is 5.91 Å².